The van der Waals surface area contributed by atoms with E-state index in [2.05, 4.69) is 15.3 Å². The summed E-state index contributed by atoms with van der Waals surface area (Å²) in [4.78, 5) is 8.35. The first-order valence-corrected chi connectivity index (χ1v) is 7.45. The van der Waals surface area contributed by atoms with Gasteiger partial charge in [0.2, 0.25) is 5.88 Å². The first-order chi connectivity index (χ1) is 10.8. The number of anilines is 2. The molecule has 1 aromatic carbocycles. The lowest BCUT2D eigenvalue weighted by Gasteiger charge is -2.15. The third-order valence-corrected chi connectivity index (χ3v) is 3.82. The summed E-state index contributed by atoms with van der Waals surface area (Å²) in [5, 5.41) is 3.38. The molecule has 6 heteroatoms. The van der Waals surface area contributed by atoms with Gasteiger partial charge >= 0.3 is 0 Å². The van der Waals surface area contributed by atoms with Gasteiger partial charge in [0.1, 0.15) is 23.5 Å². The van der Waals surface area contributed by atoms with Crippen molar-refractivity contribution in [1.29, 1.82) is 0 Å². The number of nitrogen functional groups attached to an aromatic ring is 1. The molecule has 6 nitrogen and oxygen atoms in total. The maximum atomic E-state index is 6.13. The predicted molar refractivity (Wildman–Crippen MR) is 85.4 cm³/mol. The van der Waals surface area contributed by atoms with Gasteiger partial charge in [0.05, 0.1) is 7.11 Å². The van der Waals surface area contributed by atoms with Crippen LogP contribution in [0.2, 0.25) is 0 Å². The molecule has 1 saturated carbocycles. The fourth-order valence-electron chi connectivity index (χ4n) is 2.59. The number of nitrogens with two attached hydrogens (primary N) is 1. The largest absolute Gasteiger partial charge is 0.497 e. The molecule has 0 aliphatic heterocycles. The standard InChI is InChI=1S/C16H20N4O2/c1-21-12-6-8-13(9-7-12)22-16-14(17)15(18-10-19-16)20-11-4-2-3-5-11/h6-11H,2-5,17H2,1H3,(H,18,19,20). The van der Waals surface area contributed by atoms with Crippen molar-refractivity contribution in [2.75, 3.05) is 18.2 Å². The van der Waals surface area contributed by atoms with Gasteiger partial charge in [-0.05, 0) is 37.1 Å². The zero-order chi connectivity index (χ0) is 15.4. The summed E-state index contributed by atoms with van der Waals surface area (Å²) in [5.74, 6) is 2.43. The summed E-state index contributed by atoms with van der Waals surface area (Å²) in [6, 6.07) is 7.70. The number of rotatable bonds is 5. The molecule has 3 N–H and O–H groups in total. The van der Waals surface area contributed by atoms with Crippen molar-refractivity contribution in [2.45, 2.75) is 31.7 Å². The minimum Gasteiger partial charge on any atom is -0.497 e. The van der Waals surface area contributed by atoms with E-state index in [0.717, 1.165) is 18.6 Å². The fraction of sp³-hybridized carbons (Fsp3) is 0.375. The van der Waals surface area contributed by atoms with Crippen LogP contribution in [-0.4, -0.2) is 23.1 Å². The Labute approximate surface area is 129 Å². The first kappa shape index (κ1) is 14.4. The Morgan fingerprint density at radius 3 is 2.45 bits per heavy atom. The van der Waals surface area contributed by atoms with E-state index in [4.69, 9.17) is 15.2 Å². The second kappa shape index (κ2) is 6.51. The number of hydrogen-bond donors (Lipinski definition) is 2. The number of methoxy groups -OCH3 is 1. The predicted octanol–water partition coefficient (Wildman–Crippen LogP) is 3.21. The number of nitrogens with zero attached hydrogens (tertiary/aromatic N) is 2. The van der Waals surface area contributed by atoms with E-state index in [-0.39, 0.29) is 0 Å². The normalized spacial score (nSPS) is 14.8. The maximum absolute atomic E-state index is 6.13. The van der Waals surface area contributed by atoms with Gasteiger partial charge in [-0.1, -0.05) is 12.8 Å². The Hall–Kier alpha value is -2.50. The number of nitrogens with one attached hydrogen (secondary N) is 1. The van der Waals surface area contributed by atoms with E-state index in [1.807, 2.05) is 24.3 Å². The summed E-state index contributed by atoms with van der Waals surface area (Å²) < 4.78 is 10.9. The SMILES string of the molecule is COc1ccc(Oc2ncnc(NC3CCCC3)c2N)cc1. The molecular formula is C16H20N4O2. The molecule has 0 unspecified atom stereocenters. The van der Waals surface area contributed by atoms with E-state index in [1.165, 1.54) is 19.2 Å². The number of hydrogen-bond acceptors (Lipinski definition) is 6. The Morgan fingerprint density at radius 1 is 1.09 bits per heavy atom. The third kappa shape index (κ3) is 3.21. The van der Waals surface area contributed by atoms with Crippen LogP contribution >= 0.6 is 0 Å². The van der Waals surface area contributed by atoms with Gasteiger partial charge in [-0.15, -0.1) is 0 Å². The van der Waals surface area contributed by atoms with E-state index >= 15 is 0 Å². The van der Waals surface area contributed by atoms with Gasteiger partial charge in [-0.2, -0.15) is 4.98 Å². The van der Waals surface area contributed by atoms with Gasteiger partial charge in [-0.3, -0.25) is 0 Å². The van der Waals surface area contributed by atoms with Crippen molar-refractivity contribution in [3.8, 4) is 17.4 Å². The van der Waals surface area contributed by atoms with E-state index in [9.17, 15) is 0 Å². The summed E-state index contributed by atoms with van der Waals surface area (Å²) in [6.45, 7) is 0. The van der Waals surface area contributed by atoms with Crippen LogP contribution in [0.25, 0.3) is 0 Å². The highest BCUT2D eigenvalue weighted by Crippen LogP contribution is 2.31. The van der Waals surface area contributed by atoms with Crippen LogP contribution in [0.15, 0.2) is 30.6 Å². The van der Waals surface area contributed by atoms with Gasteiger partial charge in [-0.25, -0.2) is 4.98 Å². The average Bonchev–Trinajstić information content (AvgIpc) is 3.05. The monoisotopic (exact) mass is 300 g/mol. The van der Waals surface area contributed by atoms with Crippen molar-refractivity contribution in [3.05, 3.63) is 30.6 Å². The van der Waals surface area contributed by atoms with E-state index in [0.29, 0.717) is 29.2 Å². The molecule has 3 rings (SSSR count). The number of aromatic nitrogens is 2. The van der Waals surface area contributed by atoms with Crippen LogP contribution in [0, 0.1) is 0 Å². The second-order valence-corrected chi connectivity index (χ2v) is 5.34. The fourth-order valence-corrected chi connectivity index (χ4v) is 2.59. The van der Waals surface area contributed by atoms with Crippen LogP contribution < -0.4 is 20.5 Å². The molecule has 0 amide bonds. The number of ether oxygens (including phenoxy) is 2. The lowest BCUT2D eigenvalue weighted by Crippen LogP contribution is -2.17. The Morgan fingerprint density at radius 2 is 1.77 bits per heavy atom. The van der Waals surface area contributed by atoms with Crippen LogP contribution in [0.3, 0.4) is 0 Å². The molecule has 1 aromatic heterocycles. The molecular weight excluding hydrogens is 280 g/mol. The highest BCUT2D eigenvalue weighted by atomic mass is 16.5. The Bertz CT molecular complexity index is 625. The Balaban J connectivity index is 1.75. The van der Waals surface area contributed by atoms with Crippen LogP contribution in [0.5, 0.6) is 17.4 Å². The summed E-state index contributed by atoms with van der Waals surface area (Å²) >= 11 is 0. The molecule has 1 aliphatic carbocycles. The summed E-state index contributed by atoms with van der Waals surface area (Å²) in [5.41, 5.74) is 6.56. The molecule has 22 heavy (non-hydrogen) atoms. The molecule has 116 valence electrons. The molecule has 1 fully saturated rings. The summed E-state index contributed by atoms with van der Waals surface area (Å²) in [6.07, 6.45) is 6.26. The highest BCUT2D eigenvalue weighted by Gasteiger charge is 2.18. The molecule has 1 aliphatic rings. The van der Waals surface area contributed by atoms with Crippen LogP contribution in [-0.2, 0) is 0 Å². The zero-order valence-electron chi connectivity index (χ0n) is 12.6. The summed E-state index contributed by atoms with van der Waals surface area (Å²) in [7, 11) is 1.62. The maximum Gasteiger partial charge on any atom is 0.248 e. The zero-order valence-corrected chi connectivity index (χ0v) is 12.6. The van der Waals surface area contributed by atoms with Gasteiger partial charge in [0, 0.05) is 6.04 Å². The van der Waals surface area contributed by atoms with Crippen molar-refractivity contribution in [2.24, 2.45) is 0 Å². The van der Waals surface area contributed by atoms with Crippen molar-refractivity contribution < 1.29 is 9.47 Å². The lowest BCUT2D eigenvalue weighted by atomic mass is 10.2. The first-order valence-electron chi connectivity index (χ1n) is 7.45. The molecule has 0 spiro atoms. The highest BCUT2D eigenvalue weighted by molar-refractivity contribution is 5.67. The van der Waals surface area contributed by atoms with Crippen molar-refractivity contribution >= 4 is 11.5 Å². The minimum atomic E-state index is 0.362. The Kier molecular flexibility index (Phi) is 4.27. The van der Waals surface area contributed by atoms with Gasteiger partial charge in [0.15, 0.2) is 5.82 Å². The third-order valence-electron chi connectivity index (χ3n) is 3.82. The second-order valence-electron chi connectivity index (χ2n) is 5.34. The van der Waals surface area contributed by atoms with E-state index in [1.54, 1.807) is 7.11 Å². The van der Waals surface area contributed by atoms with Gasteiger partial charge in [0.25, 0.3) is 0 Å². The molecule has 2 aromatic rings. The molecule has 0 saturated heterocycles. The lowest BCUT2D eigenvalue weighted by molar-refractivity contribution is 0.412. The van der Waals surface area contributed by atoms with Crippen LogP contribution in [0.1, 0.15) is 25.7 Å². The molecule has 1 heterocycles. The molecule has 0 bridgehead atoms. The smallest absolute Gasteiger partial charge is 0.248 e. The van der Waals surface area contributed by atoms with Gasteiger partial charge < -0.3 is 20.5 Å². The van der Waals surface area contributed by atoms with Crippen molar-refractivity contribution in [1.82, 2.24) is 9.97 Å². The minimum absolute atomic E-state index is 0.362. The van der Waals surface area contributed by atoms with E-state index < -0.39 is 0 Å². The quantitative estimate of drug-likeness (QED) is 0.882. The molecule has 0 atom stereocenters. The van der Waals surface area contributed by atoms with Crippen LogP contribution in [0.4, 0.5) is 11.5 Å². The number of benzene rings is 1. The topological polar surface area (TPSA) is 82.3 Å². The molecule has 0 radical (unpaired) electrons. The average molecular weight is 300 g/mol. The van der Waals surface area contributed by atoms with Crippen molar-refractivity contribution in [3.63, 3.8) is 0 Å².